The van der Waals surface area contributed by atoms with Gasteiger partial charge in [0.05, 0.1) is 12.9 Å². The van der Waals surface area contributed by atoms with E-state index in [2.05, 4.69) is 10.3 Å². The van der Waals surface area contributed by atoms with Gasteiger partial charge in [0.2, 0.25) is 0 Å². The summed E-state index contributed by atoms with van der Waals surface area (Å²) >= 11 is 0. The van der Waals surface area contributed by atoms with Gasteiger partial charge in [0, 0.05) is 30.2 Å². The molecule has 3 aromatic rings. The highest BCUT2D eigenvalue weighted by molar-refractivity contribution is 5.94. The van der Waals surface area contributed by atoms with Gasteiger partial charge < -0.3 is 15.0 Å². The van der Waals surface area contributed by atoms with Crippen molar-refractivity contribution in [2.45, 2.75) is 13.0 Å². The van der Waals surface area contributed by atoms with Crippen molar-refractivity contribution in [3.8, 4) is 5.69 Å². The lowest BCUT2D eigenvalue weighted by molar-refractivity contribution is 0.0954. The number of hydrogen-bond donors (Lipinski definition) is 2. The first-order valence-corrected chi connectivity index (χ1v) is 7.81. The van der Waals surface area contributed by atoms with Gasteiger partial charge in [-0.3, -0.25) is 4.79 Å². The van der Waals surface area contributed by atoms with Crippen LogP contribution in [0, 0.1) is 0 Å². The molecule has 0 atom stereocenters. The highest BCUT2D eigenvalue weighted by Crippen LogP contribution is 2.10. The van der Waals surface area contributed by atoms with Gasteiger partial charge in [-0.15, -0.1) is 0 Å². The van der Waals surface area contributed by atoms with E-state index in [1.54, 1.807) is 18.6 Å². The molecule has 0 aliphatic rings. The van der Waals surface area contributed by atoms with E-state index < -0.39 is 0 Å². The zero-order valence-corrected chi connectivity index (χ0v) is 13.2. The van der Waals surface area contributed by atoms with E-state index in [4.69, 9.17) is 5.11 Å². The maximum absolute atomic E-state index is 12.3. The highest BCUT2D eigenvalue weighted by atomic mass is 16.3. The number of aliphatic hydroxyl groups excluding tert-OH is 1. The Morgan fingerprint density at radius 2 is 1.92 bits per heavy atom. The molecule has 1 aromatic heterocycles. The maximum Gasteiger partial charge on any atom is 0.251 e. The maximum atomic E-state index is 12.3. The number of amides is 1. The second kappa shape index (κ2) is 7.57. The molecular formula is C19H19N3O2. The summed E-state index contributed by atoms with van der Waals surface area (Å²) in [6, 6.07) is 15.2. The average molecular weight is 321 g/mol. The average Bonchev–Trinajstić information content (AvgIpc) is 3.17. The summed E-state index contributed by atoms with van der Waals surface area (Å²) in [5.74, 6) is -0.0936. The van der Waals surface area contributed by atoms with Crippen LogP contribution in [0.15, 0.2) is 67.3 Å². The van der Waals surface area contributed by atoms with Crippen LogP contribution in [0.4, 0.5) is 0 Å². The Morgan fingerprint density at radius 3 is 2.62 bits per heavy atom. The molecule has 0 aliphatic carbocycles. The SMILES string of the molecule is O=C(NCCc1ccc(CO)cc1)c1cccc(-n2ccnc2)c1. The zero-order valence-electron chi connectivity index (χ0n) is 13.2. The minimum absolute atomic E-state index is 0.0459. The van der Waals surface area contributed by atoms with Crippen LogP contribution in [0.5, 0.6) is 0 Å². The van der Waals surface area contributed by atoms with Crippen LogP contribution in [0.1, 0.15) is 21.5 Å². The Labute approximate surface area is 140 Å². The molecule has 0 unspecified atom stereocenters. The van der Waals surface area contributed by atoms with Crippen LogP contribution in [0.25, 0.3) is 5.69 Å². The van der Waals surface area contributed by atoms with Crippen LogP contribution in [0.2, 0.25) is 0 Å². The fourth-order valence-electron chi connectivity index (χ4n) is 2.45. The Kier molecular flexibility index (Phi) is 5.03. The van der Waals surface area contributed by atoms with Crippen molar-refractivity contribution < 1.29 is 9.90 Å². The lowest BCUT2D eigenvalue weighted by atomic mass is 10.1. The van der Waals surface area contributed by atoms with Gasteiger partial charge in [-0.2, -0.15) is 0 Å². The molecule has 0 aliphatic heterocycles. The van der Waals surface area contributed by atoms with Crippen molar-refractivity contribution >= 4 is 5.91 Å². The second-order valence-electron chi connectivity index (χ2n) is 5.50. The van der Waals surface area contributed by atoms with Crippen molar-refractivity contribution in [3.63, 3.8) is 0 Å². The molecule has 0 saturated heterocycles. The van der Waals surface area contributed by atoms with Crippen molar-refractivity contribution in [1.82, 2.24) is 14.9 Å². The van der Waals surface area contributed by atoms with Gasteiger partial charge in [-0.1, -0.05) is 30.3 Å². The Bertz CT molecular complexity index is 796. The van der Waals surface area contributed by atoms with Gasteiger partial charge in [-0.05, 0) is 35.7 Å². The summed E-state index contributed by atoms with van der Waals surface area (Å²) in [5, 5.41) is 12.0. The summed E-state index contributed by atoms with van der Waals surface area (Å²) < 4.78 is 1.86. The molecule has 0 fully saturated rings. The van der Waals surface area contributed by atoms with Crippen LogP contribution in [-0.4, -0.2) is 27.1 Å². The molecule has 2 N–H and O–H groups in total. The van der Waals surface area contributed by atoms with Gasteiger partial charge >= 0.3 is 0 Å². The third kappa shape index (κ3) is 3.88. The van der Waals surface area contributed by atoms with Gasteiger partial charge in [0.1, 0.15) is 0 Å². The minimum Gasteiger partial charge on any atom is -0.392 e. The normalized spacial score (nSPS) is 10.5. The number of rotatable bonds is 6. The number of imidazole rings is 1. The van der Waals surface area contributed by atoms with E-state index >= 15 is 0 Å². The molecule has 24 heavy (non-hydrogen) atoms. The number of hydrogen-bond acceptors (Lipinski definition) is 3. The monoisotopic (exact) mass is 321 g/mol. The molecule has 3 rings (SSSR count). The molecule has 1 heterocycles. The Hall–Kier alpha value is -2.92. The summed E-state index contributed by atoms with van der Waals surface area (Å²) in [4.78, 5) is 16.3. The smallest absolute Gasteiger partial charge is 0.251 e. The summed E-state index contributed by atoms with van der Waals surface area (Å²) in [6.45, 7) is 0.608. The first-order chi connectivity index (χ1) is 11.8. The van der Waals surface area contributed by atoms with E-state index in [9.17, 15) is 4.79 Å². The minimum atomic E-state index is -0.0936. The highest BCUT2D eigenvalue weighted by Gasteiger charge is 2.06. The van der Waals surface area contributed by atoms with E-state index in [1.807, 2.05) is 53.2 Å². The number of nitrogens with one attached hydrogen (secondary N) is 1. The molecule has 0 saturated carbocycles. The quantitative estimate of drug-likeness (QED) is 0.732. The predicted molar refractivity (Wildman–Crippen MR) is 92.0 cm³/mol. The number of aliphatic hydroxyl groups is 1. The summed E-state index contributed by atoms with van der Waals surface area (Å²) in [7, 11) is 0. The van der Waals surface area contributed by atoms with E-state index in [-0.39, 0.29) is 12.5 Å². The molecule has 122 valence electrons. The van der Waals surface area contributed by atoms with Crippen molar-refractivity contribution in [2.24, 2.45) is 0 Å². The van der Waals surface area contributed by atoms with Crippen molar-refractivity contribution in [1.29, 1.82) is 0 Å². The van der Waals surface area contributed by atoms with Crippen molar-refractivity contribution in [2.75, 3.05) is 6.54 Å². The Morgan fingerprint density at radius 1 is 1.12 bits per heavy atom. The van der Waals surface area contributed by atoms with Crippen molar-refractivity contribution in [3.05, 3.63) is 83.9 Å². The van der Waals surface area contributed by atoms with Crippen LogP contribution in [0.3, 0.4) is 0 Å². The van der Waals surface area contributed by atoms with Gasteiger partial charge in [0.15, 0.2) is 0 Å². The molecule has 0 bridgehead atoms. The van der Waals surface area contributed by atoms with Crippen LogP contribution in [-0.2, 0) is 13.0 Å². The molecular weight excluding hydrogens is 302 g/mol. The van der Waals surface area contributed by atoms with E-state index in [0.29, 0.717) is 12.1 Å². The summed E-state index contributed by atoms with van der Waals surface area (Å²) in [5.41, 5.74) is 3.54. The molecule has 0 radical (unpaired) electrons. The Balaban J connectivity index is 1.58. The molecule has 5 heteroatoms. The summed E-state index contributed by atoms with van der Waals surface area (Å²) in [6.07, 6.45) is 5.99. The molecule has 2 aromatic carbocycles. The molecule has 5 nitrogen and oxygen atoms in total. The second-order valence-corrected chi connectivity index (χ2v) is 5.50. The third-order valence-electron chi connectivity index (χ3n) is 3.82. The first-order valence-electron chi connectivity index (χ1n) is 7.81. The van der Waals surface area contributed by atoms with E-state index in [0.717, 1.165) is 23.2 Å². The standard InChI is InChI=1S/C19H19N3O2/c23-13-16-6-4-15(5-7-16)8-9-21-19(24)17-2-1-3-18(12-17)22-11-10-20-14-22/h1-7,10-12,14,23H,8-9,13H2,(H,21,24). The molecule has 0 spiro atoms. The largest absolute Gasteiger partial charge is 0.392 e. The number of nitrogens with zero attached hydrogens (tertiary/aromatic N) is 2. The number of aromatic nitrogens is 2. The number of carbonyl (C=O) groups excluding carboxylic acids is 1. The lowest BCUT2D eigenvalue weighted by Gasteiger charge is -2.08. The third-order valence-corrected chi connectivity index (χ3v) is 3.82. The fraction of sp³-hybridized carbons (Fsp3) is 0.158. The number of benzene rings is 2. The fourth-order valence-corrected chi connectivity index (χ4v) is 2.45. The van der Waals surface area contributed by atoms with E-state index in [1.165, 1.54) is 0 Å². The van der Waals surface area contributed by atoms with Gasteiger partial charge in [0.25, 0.3) is 5.91 Å². The first kappa shape index (κ1) is 16.0. The van der Waals surface area contributed by atoms with Gasteiger partial charge in [-0.25, -0.2) is 4.98 Å². The number of carbonyl (C=O) groups is 1. The topological polar surface area (TPSA) is 67.2 Å². The lowest BCUT2D eigenvalue weighted by Crippen LogP contribution is -2.25. The van der Waals surface area contributed by atoms with Crippen LogP contribution >= 0.6 is 0 Å². The molecule has 1 amide bonds. The predicted octanol–water partition coefficient (Wildman–Crippen LogP) is 2.34. The van der Waals surface area contributed by atoms with Crippen LogP contribution < -0.4 is 5.32 Å². The zero-order chi connectivity index (χ0) is 16.8.